The summed E-state index contributed by atoms with van der Waals surface area (Å²) in [7, 11) is 0. The molecule has 0 aliphatic carbocycles. The third kappa shape index (κ3) is 3.19. The highest BCUT2D eigenvalue weighted by atomic mass is 14.8. The fraction of sp³-hybridized carbons (Fsp3) is 0.412. The Kier molecular flexibility index (Phi) is 3.33. The van der Waals surface area contributed by atoms with Crippen molar-refractivity contribution in [3.63, 3.8) is 0 Å². The average molecular weight is 256 g/mol. The molecule has 0 bridgehead atoms. The predicted molar refractivity (Wildman–Crippen MR) is 80.3 cm³/mol. The minimum absolute atomic E-state index is 0.0185. The van der Waals surface area contributed by atoms with Crippen LogP contribution in [0.2, 0.25) is 0 Å². The Morgan fingerprint density at radius 2 is 1.63 bits per heavy atom. The van der Waals surface area contributed by atoms with Gasteiger partial charge in [0.15, 0.2) is 0 Å². The molecule has 1 aromatic heterocycles. The van der Waals surface area contributed by atoms with E-state index in [1.54, 1.807) is 0 Å². The summed E-state index contributed by atoms with van der Waals surface area (Å²) in [5, 5.41) is 0. The molecule has 100 valence electrons. The summed E-state index contributed by atoms with van der Waals surface area (Å²) in [5.41, 5.74) is 3.91. The van der Waals surface area contributed by atoms with E-state index >= 15 is 0 Å². The monoisotopic (exact) mass is 256 g/mol. The molecule has 0 unspecified atom stereocenters. The number of hydrogen-bond donors (Lipinski definition) is 0. The molecule has 0 N–H and O–H groups in total. The molecule has 0 aliphatic heterocycles. The Morgan fingerprint density at radius 3 is 2.05 bits per heavy atom. The highest BCUT2D eigenvalue weighted by Gasteiger charge is 2.15. The van der Waals surface area contributed by atoms with Gasteiger partial charge >= 0.3 is 0 Å². The normalized spacial score (nSPS) is 13.2. The quantitative estimate of drug-likeness (QED) is 0.787. The van der Waals surface area contributed by atoms with Gasteiger partial charge in [-0.1, -0.05) is 58.9 Å². The lowest BCUT2D eigenvalue weighted by molar-refractivity contribution is 0.566. The zero-order valence-corrected chi connectivity index (χ0v) is 12.4. The molecule has 2 nitrogen and oxygen atoms in total. The first-order valence-corrected chi connectivity index (χ1v) is 6.61. The van der Waals surface area contributed by atoms with Crippen LogP contribution in [-0.4, -0.2) is 9.97 Å². The Bertz CT molecular complexity index is 517. The van der Waals surface area contributed by atoms with Crippen LogP contribution < -0.4 is 0 Å². The molecule has 2 aromatic rings. The fourth-order valence-electron chi connectivity index (χ4n) is 1.84. The van der Waals surface area contributed by atoms with Gasteiger partial charge in [-0.25, -0.2) is 0 Å². The highest BCUT2D eigenvalue weighted by Crippen LogP contribution is 2.23. The third-order valence-electron chi connectivity index (χ3n) is 3.18. The van der Waals surface area contributed by atoms with E-state index < -0.39 is 5.89 Å². The molecule has 0 radical (unpaired) electrons. The predicted octanol–water partition coefficient (Wildman–Crippen LogP) is 4.56. The van der Waals surface area contributed by atoms with Crippen LogP contribution in [0.4, 0.5) is 0 Å². The second-order valence-corrected chi connectivity index (χ2v) is 6.11. The maximum atomic E-state index is 8.02. The van der Waals surface area contributed by atoms with Crippen LogP contribution in [0, 0.1) is 0 Å². The lowest BCUT2D eigenvalue weighted by Crippen LogP contribution is -2.13. The molecule has 0 spiro atoms. The van der Waals surface area contributed by atoms with Gasteiger partial charge in [0.2, 0.25) is 0 Å². The van der Waals surface area contributed by atoms with Gasteiger partial charge in [0, 0.05) is 18.5 Å². The van der Waals surface area contributed by atoms with E-state index in [2.05, 4.69) is 30.7 Å². The van der Waals surface area contributed by atoms with E-state index in [0.717, 1.165) is 22.5 Å². The molecular weight excluding hydrogens is 232 g/mol. The molecule has 2 rings (SSSR count). The molecular formula is C17H22N2. The molecule has 0 saturated heterocycles. The summed E-state index contributed by atoms with van der Waals surface area (Å²) in [4.78, 5) is 9.00. The Morgan fingerprint density at radius 1 is 1.00 bits per heavy atom. The van der Waals surface area contributed by atoms with Crippen molar-refractivity contribution >= 4 is 0 Å². The molecule has 0 atom stereocenters. The lowest BCUT2D eigenvalue weighted by Gasteiger charge is -2.17. The van der Waals surface area contributed by atoms with Crippen LogP contribution in [-0.2, 0) is 5.41 Å². The van der Waals surface area contributed by atoms with E-state index in [-0.39, 0.29) is 5.41 Å². The number of hydrogen-bond acceptors (Lipinski definition) is 2. The molecule has 0 saturated carbocycles. The zero-order valence-electron chi connectivity index (χ0n) is 13.4. The van der Waals surface area contributed by atoms with Crippen molar-refractivity contribution in [3.05, 3.63) is 47.9 Å². The minimum atomic E-state index is -0.569. The first-order chi connectivity index (χ1) is 9.18. The number of nitrogens with zero attached hydrogens (tertiary/aromatic N) is 2. The van der Waals surface area contributed by atoms with Crippen LogP contribution in [0.1, 0.15) is 53.1 Å². The summed E-state index contributed by atoms with van der Waals surface area (Å²) >= 11 is 0. The second kappa shape index (κ2) is 5.12. The van der Waals surface area contributed by atoms with Crippen molar-refractivity contribution in [2.24, 2.45) is 0 Å². The molecule has 19 heavy (non-hydrogen) atoms. The molecule has 0 amide bonds. The number of rotatable bonds is 2. The first kappa shape index (κ1) is 12.3. The molecule has 1 aromatic carbocycles. The maximum absolute atomic E-state index is 8.02. The van der Waals surface area contributed by atoms with E-state index in [0.29, 0.717) is 0 Å². The molecule has 0 aliphatic rings. The topological polar surface area (TPSA) is 25.8 Å². The SMILES string of the molecule is [3H]C(C)(C)c1ccc(-c2cnc(C(C)(C)C)cn2)cc1. The summed E-state index contributed by atoms with van der Waals surface area (Å²) in [6.45, 7) is 10.2. The van der Waals surface area contributed by atoms with Gasteiger partial charge in [0.25, 0.3) is 0 Å². The van der Waals surface area contributed by atoms with E-state index in [9.17, 15) is 0 Å². The largest absolute Gasteiger partial charge is 0.257 e. The number of benzene rings is 1. The van der Waals surface area contributed by atoms with Gasteiger partial charge in [0.05, 0.1) is 17.6 Å². The van der Waals surface area contributed by atoms with E-state index in [1.807, 2.05) is 50.5 Å². The van der Waals surface area contributed by atoms with E-state index in [1.165, 1.54) is 0 Å². The van der Waals surface area contributed by atoms with Gasteiger partial charge in [-0.15, -0.1) is 0 Å². The third-order valence-corrected chi connectivity index (χ3v) is 3.18. The van der Waals surface area contributed by atoms with Crippen molar-refractivity contribution in [1.29, 1.82) is 0 Å². The van der Waals surface area contributed by atoms with Crippen LogP contribution in [0.15, 0.2) is 36.7 Å². The Balaban J connectivity index is 2.29. The second-order valence-electron chi connectivity index (χ2n) is 6.11. The Labute approximate surface area is 117 Å². The van der Waals surface area contributed by atoms with Gasteiger partial charge < -0.3 is 0 Å². The first-order valence-electron chi connectivity index (χ1n) is 7.11. The fourth-order valence-corrected chi connectivity index (χ4v) is 1.84. The minimum Gasteiger partial charge on any atom is -0.257 e. The lowest BCUT2D eigenvalue weighted by atomic mass is 9.92. The zero-order chi connectivity index (χ0) is 15.0. The van der Waals surface area contributed by atoms with Crippen molar-refractivity contribution in [2.45, 2.75) is 45.9 Å². The molecule has 1 heterocycles. The standard InChI is InChI=1S/C17H22N2/c1-12(2)13-6-8-14(9-7-13)15-10-19-16(11-18-15)17(3,4)5/h6-12H,1-5H3/i12T. The summed E-state index contributed by atoms with van der Waals surface area (Å²) in [6.07, 6.45) is 3.67. The van der Waals surface area contributed by atoms with Gasteiger partial charge in [-0.2, -0.15) is 0 Å². The number of aromatic nitrogens is 2. The van der Waals surface area contributed by atoms with Gasteiger partial charge in [-0.05, 0) is 11.5 Å². The summed E-state index contributed by atoms with van der Waals surface area (Å²) in [5.74, 6) is -0.569. The van der Waals surface area contributed by atoms with Gasteiger partial charge in [0.1, 0.15) is 0 Å². The van der Waals surface area contributed by atoms with Crippen LogP contribution in [0.5, 0.6) is 0 Å². The van der Waals surface area contributed by atoms with Crippen LogP contribution in [0.3, 0.4) is 0 Å². The van der Waals surface area contributed by atoms with Crippen molar-refractivity contribution in [1.82, 2.24) is 9.97 Å². The molecule has 2 heteroatoms. The Hall–Kier alpha value is -1.70. The average Bonchev–Trinajstić information content (AvgIpc) is 2.37. The highest BCUT2D eigenvalue weighted by molar-refractivity contribution is 5.58. The smallest absolute Gasteiger partial charge is 0.0885 e. The molecule has 0 fully saturated rings. The van der Waals surface area contributed by atoms with E-state index in [4.69, 9.17) is 1.37 Å². The summed E-state index contributed by atoms with van der Waals surface area (Å²) in [6, 6.07) is 7.99. The van der Waals surface area contributed by atoms with Crippen LogP contribution >= 0.6 is 0 Å². The van der Waals surface area contributed by atoms with Gasteiger partial charge in [-0.3, -0.25) is 9.97 Å². The van der Waals surface area contributed by atoms with Crippen LogP contribution in [0.25, 0.3) is 11.3 Å². The summed E-state index contributed by atoms with van der Waals surface area (Å²) < 4.78 is 8.02. The van der Waals surface area contributed by atoms with Crippen molar-refractivity contribution in [2.75, 3.05) is 0 Å². The van der Waals surface area contributed by atoms with Crippen molar-refractivity contribution in [3.8, 4) is 11.3 Å². The van der Waals surface area contributed by atoms with Crippen molar-refractivity contribution < 1.29 is 1.37 Å². The maximum Gasteiger partial charge on any atom is 0.0885 e.